The minimum absolute atomic E-state index is 0.0918. The van der Waals surface area contributed by atoms with Gasteiger partial charge in [0.15, 0.2) is 0 Å². The van der Waals surface area contributed by atoms with E-state index in [1.807, 2.05) is 6.92 Å². The Balaban J connectivity index is 1.38. The summed E-state index contributed by atoms with van der Waals surface area (Å²) in [6, 6.07) is 7.90. The van der Waals surface area contributed by atoms with Gasteiger partial charge in [0.05, 0.1) is 13.7 Å². The summed E-state index contributed by atoms with van der Waals surface area (Å²) in [4.78, 5) is 17.2. The fourth-order valence-corrected chi connectivity index (χ4v) is 5.87. The predicted molar refractivity (Wildman–Crippen MR) is 115 cm³/mol. The number of carbonyl (C=O) groups excluding carboxylic acids is 1. The molecule has 0 aliphatic carbocycles. The number of aryl methyl sites for hydroxylation is 1. The molecular weight excluding hydrogens is 364 g/mol. The number of hydrogen-bond acceptors (Lipinski definition) is 4. The smallest absolute Gasteiger partial charge is 0.410 e. The minimum Gasteiger partial charge on any atom is -0.496 e. The van der Waals surface area contributed by atoms with Crippen LogP contribution in [0.4, 0.5) is 4.79 Å². The Morgan fingerprint density at radius 1 is 1.03 bits per heavy atom. The first-order chi connectivity index (χ1) is 14.1. The quantitative estimate of drug-likeness (QED) is 0.733. The average molecular weight is 401 g/mol. The fraction of sp³-hybridized carbons (Fsp3) is 0.708. The molecule has 1 aromatic carbocycles. The zero-order chi connectivity index (χ0) is 20.4. The Morgan fingerprint density at radius 2 is 1.72 bits per heavy atom. The third-order valence-corrected chi connectivity index (χ3v) is 7.35. The molecule has 4 rings (SSSR count). The molecule has 1 amide bonds. The van der Waals surface area contributed by atoms with Crippen molar-refractivity contribution in [2.75, 3.05) is 26.8 Å². The highest BCUT2D eigenvalue weighted by Gasteiger charge is 2.42. The normalized spacial score (nSPS) is 28.2. The van der Waals surface area contributed by atoms with E-state index in [1.54, 1.807) is 7.11 Å². The van der Waals surface area contributed by atoms with Crippen LogP contribution in [0.15, 0.2) is 18.2 Å². The van der Waals surface area contributed by atoms with Crippen LogP contribution < -0.4 is 4.74 Å². The number of fused-ring (bicyclic) bond motifs is 2. The summed E-state index contributed by atoms with van der Waals surface area (Å²) in [5, 5.41) is 0. The van der Waals surface area contributed by atoms with Gasteiger partial charge in [-0.1, -0.05) is 17.7 Å². The number of benzene rings is 1. The van der Waals surface area contributed by atoms with Crippen LogP contribution in [0.2, 0.25) is 0 Å². The molecule has 3 heterocycles. The van der Waals surface area contributed by atoms with Crippen molar-refractivity contribution in [3.63, 3.8) is 0 Å². The highest BCUT2D eigenvalue weighted by atomic mass is 16.6. The van der Waals surface area contributed by atoms with Crippen LogP contribution in [0.25, 0.3) is 0 Å². The van der Waals surface area contributed by atoms with E-state index in [2.05, 4.69) is 34.9 Å². The molecule has 1 aromatic rings. The zero-order valence-corrected chi connectivity index (χ0v) is 18.2. The first-order valence-electron chi connectivity index (χ1n) is 11.4. The van der Waals surface area contributed by atoms with Gasteiger partial charge >= 0.3 is 6.09 Å². The van der Waals surface area contributed by atoms with Gasteiger partial charge < -0.3 is 19.3 Å². The van der Waals surface area contributed by atoms with Gasteiger partial charge in [0.2, 0.25) is 0 Å². The molecule has 5 heteroatoms. The number of rotatable bonds is 4. The van der Waals surface area contributed by atoms with Crippen molar-refractivity contribution >= 4 is 6.09 Å². The molecule has 0 N–H and O–H groups in total. The Labute approximate surface area is 175 Å². The number of nitrogens with zero attached hydrogens (tertiary/aromatic N) is 2. The molecule has 29 heavy (non-hydrogen) atoms. The van der Waals surface area contributed by atoms with E-state index in [4.69, 9.17) is 9.47 Å². The van der Waals surface area contributed by atoms with Crippen LogP contribution in [0.5, 0.6) is 5.75 Å². The molecule has 5 nitrogen and oxygen atoms in total. The van der Waals surface area contributed by atoms with E-state index in [0.29, 0.717) is 30.7 Å². The first kappa shape index (κ1) is 20.5. The molecule has 3 atom stereocenters. The monoisotopic (exact) mass is 400 g/mol. The Morgan fingerprint density at radius 3 is 2.41 bits per heavy atom. The molecule has 2 unspecified atom stereocenters. The molecule has 3 fully saturated rings. The second-order valence-corrected chi connectivity index (χ2v) is 9.01. The minimum atomic E-state index is -0.0918. The maximum atomic E-state index is 12.5. The van der Waals surface area contributed by atoms with Crippen molar-refractivity contribution in [2.45, 2.75) is 82.8 Å². The highest BCUT2D eigenvalue weighted by molar-refractivity contribution is 5.69. The Kier molecular flexibility index (Phi) is 6.33. The summed E-state index contributed by atoms with van der Waals surface area (Å²) in [6.45, 7) is 6.81. The first-order valence-corrected chi connectivity index (χ1v) is 11.4. The predicted octanol–water partition coefficient (Wildman–Crippen LogP) is 4.73. The van der Waals surface area contributed by atoms with E-state index in [-0.39, 0.29) is 6.09 Å². The van der Waals surface area contributed by atoms with Gasteiger partial charge in [0, 0.05) is 18.1 Å². The standard InChI is InChI=1S/C24H36N2O3/c1-4-29-24(27)26-19-6-8-20(16-21(26)9-7-19)25-13-11-18(12-14-25)22-15-17(2)5-10-23(22)28-3/h5,10,15,18-21H,4,6-9,11-14,16H2,1-3H3/t19-,20?,21?/m0/s1. The molecule has 0 radical (unpaired) electrons. The van der Waals surface area contributed by atoms with Gasteiger partial charge in [0.25, 0.3) is 0 Å². The van der Waals surface area contributed by atoms with Gasteiger partial charge in [-0.2, -0.15) is 0 Å². The van der Waals surface area contributed by atoms with Crippen LogP contribution in [-0.4, -0.2) is 60.8 Å². The van der Waals surface area contributed by atoms with Crippen molar-refractivity contribution in [3.05, 3.63) is 29.3 Å². The van der Waals surface area contributed by atoms with E-state index in [9.17, 15) is 4.79 Å². The largest absolute Gasteiger partial charge is 0.496 e. The zero-order valence-electron chi connectivity index (χ0n) is 18.2. The van der Waals surface area contributed by atoms with Gasteiger partial charge in [-0.15, -0.1) is 0 Å². The number of piperidine rings is 1. The lowest BCUT2D eigenvalue weighted by Gasteiger charge is -2.39. The van der Waals surface area contributed by atoms with Crippen LogP contribution in [-0.2, 0) is 4.74 Å². The van der Waals surface area contributed by atoms with Crippen LogP contribution in [0.3, 0.4) is 0 Å². The number of carbonyl (C=O) groups is 1. The highest BCUT2D eigenvalue weighted by Crippen LogP contribution is 2.39. The topological polar surface area (TPSA) is 42.0 Å². The fourth-order valence-electron chi connectivity index (χ4n) is 5.87. The van der Waals surface area contributed by atoms with Crippen LogP contribution in [0, 0.1) is 6.92 Å². The van der Waals surface area contributed by atoms with Gasteiger partial charge in [-0.25, -0.2) is 4.79 Å². The van der Waals surface area contributed by atoms with Crippen molar-refractivity contribution in [1.29, 1.82) is 0 Å². The van der Waals surface area contributed by atoms with E-state index >= 15 is 0 Å². The third kappa shape index (κ3) is 4.25. The lowest BCUT2D eigenvalue weighted by atomic mass is 9.86. The molecule has 2 bridgehead atoms. The molecule has 3 saturated heterocycles. The lowest BCUT2D eigenvalue weighted by Crippen LogP contribution is -2.44. The number of likely N-dealkylation sites (tertiary alicyclic amines) is 1. The lowest BCUT2D eigenvalue weighted by molar-refractivity contribution is 0.0845. The summed E-state index contributed by atoms with van der Waals surface area (Å²) in [5.74, 6) is 1.62. The van der Waals surface area contributed by atoms with Gasteiger partial charge in [0.1, 0.15) is 5.75 Å². The van der Waals surface area contributed by atoms with Crippen molar-refractivity contribution in [3.8, 4) is 5.75 Å². The summed E-state index contributed by atoms with van der Waals surface area (Å²) in [7, 11) is 1.78. The summed E-state index contributed by atoms with van der Waals surface area (Å²) < 4.78 is 11.0. The van der Waals surface area contributed by atoms with Crippen molar-refractivity contribution < 1.29 is 14.3 Å². The van der Waals surface area contributed by atoms with Crippen molar-refractivity contribution in [2.24, 2.45) is 0 Å². The second-order valence-electron chi connectivity index (χ2n) is 9.01. The van der Waals surface area contributed by atoms with E-state index in [0.717, 1.165) is 44.5 Å². The molecule has 3 aliphatic rings. The molecule has 0 saturated carbocycles. The molecule has 160 valence electrons. The second kappa shape index (κ2) is 8.95. The van der Waals surface area contributed by atoms with E-state index in [1.165, 1.54) is 30.4 Å². The molecule has 3 aliphatic heterocycles. The molecular formula is C24H36N2O3. The third-order valence-electron chi connectivity index (χ3n) is 7.35. The summed E-state index contributed by atoms with van der Waals surface area (Å²) >= 11 is 0. The number of ether oxygens (including phenoxy) is 2. The number of methoxy groups -OCH3 is 1. The van der Waals surface area contributed by atoms with Gasteiger partial charge in [-0.3, -0.25) is 0 Å². The summed E-state index contributed by atoms with van der Waals surface area (Å²) in [6.07, 6.45) is 7.99. The maximum Gasteiger partial charge on any atom is 0.410 e. The number of hydrogen-bond donors (Lipinski definition) is 0. The van der Waals surface area contributed by atoms with Crippen molar-refractivity contribution in [1.82, 2.24) is 9.80 Å². The van der Waals surface area contributed by atoms with Crippen LogP contribution in [0.1, 0.15) is 68.9 Å². The summed E-state index contributed by atoms with van der Waals surface area (Å²) in [5.41, 5.74) is 2.68. The maximum absolute atomic E-state index is 12.5. The Bertz CT molecular complexity index is 714. The number of amides is 1. The average Bonchev–Trinajstić information content (AvgIpc) is 3.02. The Hall–Kier alpha value is -1.75. The van der Waals surface area contributed by atoms with Gasteiger partial charge in [-0.05, 0) is 89.4 Å². The van der Waals surface area contributed by atoms with Crippen LogP contribution >= 0.6 is 0 Å². The molecule has 0 aromatic heterocycles. The molecule has 0 spiro atoms. The van der Waals surface area contributed by atoms with E-state index < -0.39 is 0 Å². The SMILES string of the molecule is CCOC(=O)N1C2CC[C@@H]1CCC(N1CCC(c3cc(C)ccc3OC)CC1)C2.